The molecule has 1 aromatic heterocycles. The molecule has 0 aliphatic rings. The fraction of sp³-hybridized carbons (Fsp3) is 0.0769. The topological polar surface area (TPSA) is 35.0 Å². The van der Waals surface area contributed by atoms with E-state index in [4.69, 9.17) is 0 Å². The third-order valence-electron chi connectivity index (χ3n) is 5.15. The van der Waals surface area contributed by atoms with Crippen LogP contribution in [0.4, 0.5) is 26.3 Å². The highest BCUT2D eigenvalue weighted by molar-refractivity contribution is 5.70. The summed E-state index contributed by atoms with van der Waals surface area (Å²) < 4.78 is 87.1. The molecular weight excluding hydrogens is 470 g/mol. The fourth-order valence-electron chi connectivity index (χ4n) is 3.38. The van der Waals surface area contributed by atoms with Gasteiger partial charge in [0.25, 0.3) is 0 Å². The standard InChI is InChI=1S/C26H16F6N2O/c1-35-13-23(30)24(31)15-4-2-14(3-5-15)18-11-33-26(34-12-18)16-6-7-19(20(27)8-16)17-9-21(28)25(32)22(29)10-17/h2-12H,13H2,1H3. The molecule has 0 amide bonds. The van der Waals surface area contributed by atoms with Crippen LogP contribution in [0.15, 0.2) is 72.8 Å². The Morgan fingerprint density at radius 3 is 1.86 bits per heavy atom. The maximum atomic E-state index is 14.7. The minimum absolute atomic E-state index is 0.0531. The lowest BCUT2D eigenvalue weighted by Crippen LogP contribution is -1.95. The average Bonchev–Trinajstić information content (AvgIpc) is 2.87. The van der Waals surface area contributed by atoms with Crippen LogP contribution in [0.2, 0.25) is 0 Å². The van der Waals surface area contributed by atoms with Gasteiger partial charge < -0.3 is 4.74 Å². The minimum atomic E-state index is -1.63. The predicted molar refractivity (Wildman–Crippen MR) is 119 cm³/mol. The summed E-state index contributed by atoms with van der Waals surface area (Å²) in [6, 6.07) is 11.2. The Labute approximate surface area is 196 Å². The van der Waals surface area contributed by atoms with Gasteiger partial charge in [-0.2, -0.15) is 0 Å². The Hall–Kier alpha value is -3.98. The van der Waals surface area contributed by atoms with Crippen molar-refractivity contribution in [3.05, 3.63) is 102 Å². The van der Waals surface area contributed by atoms with Gasteiger partial charge in [0, 0.05) is 41.8 Å². The van der Waals surface area contributed by atoms with Gasteiger partial charge in [0.05, 0.1) is 0 Å². The minimum Gasteiger partial charge on any atom is -0.377 e. The zero-order valence-corrected chi connectivity index (χ0v) is 18.1. The molecule has 0 unspecified atom stereocenters. The number of aromatic nitrogens is 2. The molecule has 178 valence electrons. The van der Waals surface area contributed by atoms with Crippen molar-refractivity contribution in [1.29, 1.82) is 0 Å². The average molecular weight is 486 g/mol. The van der Waals surface area contributed by atoms with E-state index in [1.54, 1.807) is 12.1 Å². The summed E-state index contributed by atoms with van der Waals surface area (Å²) in [4.78, 5) is 8.42. The van der Waals surface area contributed by atoms with Crippen LogP contribution in [0.5, 0.6) is 0 Å². The molecule has 0 saturated carbocycles. The molecule has 1 heterocycles. The normalized spacial score (nSPS) is 12.0. The van der Waals surface area contributed by atoms with Crippen LogP contribution >= 0.6 is 0 Å². The van der Waals surface area contributed by atoms with Crippen LogP contribution < -0.4 is 0 Å². The summed E-state index contributed by atoms with van der Waals surface area (Å²) in [5.74, 6) is -7.12. The van der Waals surface area contributed by atoms with Gasteiger partial charge >= 0.3 is 0 Å². The molecule has 0 aliphatic carbocycles. The summed E-state index contributed by atoms with van der Waals surface area (Å²) in [6.45, 7) is -0.470. The zero-order chi connectivity index (χ0) is 25.1. The van der Waals surface area contributed by atoms with E-state index < -0.39 is 41.5 Å². The summed E-state index contributed by atoms with van der Waals surface area (Å²) in [5, 5.41) is 0. The third-order valence-corrected chi connectivity index (χ3v) is 5.15. The number of hydrogen-bond acceptors (Lipinski definition) is 3. The molecule has 4 rings (SSSR count). The first-order valence-corrected chi connectivity index (χ1v) is 10.2. The molecule has 0 spiro atoms. The highest BCUT2D eigenvalue weighted by Gasteiger charge is 2.15. The van der Waals surface area contributed by atoms with Gasteiger partial charge in [-0.15, -0.1) is 0 Å². The van der Waals surface area contributed by atoms with Gasteiger partial charge in [-0.3, -0.25) is 0 Å². The monoisotopic (exact) mass is 486 g/mol. The number of nitrogens with zero attached hydrogens (tertiary/aromatic N) is 2. The number of hydrogen-bond donors (Lipinski definition) is 0. The lowest BCUT2D eigenvalue weighted by Gasteiger charge is -2.08. The third kappa shape index (κ3) is 5.09. The Kier molecular flexibility index (Phi) is 6.97. The van der Waals surface area contributed by atoms with Gasteiger partial charge in [-0.05, 0) is 29.3 Å². The molecular formula is C26H16F6N2O. The van der Waals surface area contributed by atoms with Gasteiger partial charge in [-0.25, -0.2) is 36.3 Å². The van der Waals surface area contributed by atoms with Crippen molar-refractivity contribution in [2.24, 2.45) is 0 Å². The van der Waals surface area contributed by atoms with Crippen molar-refractivity contribution in [2.45, 2.75) is 0 Å². The van der Waals surface area contributed by atoms with E-state index in [0.717, 1.165) is 6.07 Å². The van der Waals surface area contributed by atoms with Crippen LogP contribution in [0.3, 0.4) is 0 Å². The largest absolute Gasteiger partial charge is 0.377 e. The summed E-state index contributed by atoms with van der Waals surface area (Å²) in [6.07, 6.45) is 2.96. The molecule has 0 radical (unpaired) electrons. The number of ether oxygens (including phenoxy) is 1. The lowest BCUT2D eigenvalue weighted by atomic mass is 10.0. The smallest absolute Gasteiger partial charge is 0.194 e. The van der Waals surface area contributed by atoms with E-state index in [1.165, 1.54) is 43.8 Å². The highest BCUT2D eigenvalue weighted by Crippen LogP contribution is 2.30. The highest BCUT2D eigenvalue weighted by atomic mass is 19.2. The lowest BCUT2D eigenvalue weighted by molar-refractivity contribution is 0.205. The Balaban J connectivity index is 1.56. The molecule has 0 bridgehead atoms. The number of benzene rings is 3. The van der Waals surface area contributed by atoms with Crippen LogP contribution in [-0.2, 0) is 4.74 Å². The fourth-order valence-corrected chi connectivity index (χ4v) is 3.38. The van der Waals surface area contributed by atoms with Crippen LogP contribution in [0.25, 0.3) is 39.5 Å². The van der Waals surface area contributed by atoms with Crippen LogP contribution in [0.1, 0.15) is 5.56 Å². The SMILES string of the molecule is COCC(F)=C(F)c1ccc(-c2cnc(-c3ccc(-c4cc(F)c(F)c(F)c4)c(F)c3)nc2)cc1. The zero-order valence-electron chi connectivity index (χ0n) is 18.1. The summed E-state index contributed by atoms with van der Waals surface area (Å²) in [7, 11) is 1.26. The van der Waals surface area contributed by atoms with Crippen molar-refractivity contribution in [1.82, 2.24) is 9.97 Å². The van der Waals surface area contributed by atoms with Crippen molar-refractivity contribution in [3.8, 4) is 33.6 Å². The van der Waals surface area contributed by atoms with Gasteiger partial charge in [-0.1, -0.05) is 36.4 Å². The molecule has 35 heavy (non-hydrogen) atoms. The van der Waals surface area contributed by atoms with Crippen LogP contribution in [-0.4, -0.2) is 23.7 Å². The maximum absolute atomic E-state index is 14.7. The predicted octanol–water partition coefficient (Wildman–Crippen LogP) is 7.29. The van der Waals surface area contributed by atoms with Crippen molar-refractivity contribution >= 4 is 5.83 Å². The Morgan fingerprint density at radius 2 is 1.29 bits per heavy atom. The maximum Gasteiger partial charge on any atom is 0.194 e. The molecule has 0 aliphatic heterocycles. The number of rotatable bonds is 6. The van der Waals surface area contributed by atoms with E-state index in [9.17, 15) is 26.3 Å². The molecule has 0 saturated heterocycles. The van der Waals surface area contributed by atoms with Gasteiger partial charge in [0.1, 0.15) is 12.4 Å². The molecule has 0 N–H and O–H groups in total. The molecule has 3 aromatic carbocycles. The number of halogens is 6. The summed E-state index contributed by atoms with van der Waals surface area (Å²) in [5.41, 5.74) is 1.30. The van der Waals surface area contributed by atoms with E-state index in [2.05, 4.69) is 14.7 Å². The molecule has 0 fully saturated rings. The van der Waals surface area contributed by atoms with E-state index in [-0.39, 0.29) is 22.5 Å². The summed E-state index contributed by atoms with van der Waals surface area (Å²) >= 11 is 0. The molecule has 9 heteroatoms. The van der Waals surface area contributed by atoms with Gasteiger partial charge in [0.15, 0.2) is 34.9 Å². The first kappa shape index (κ1) is 24.2. The van der Waals surface area contributed by atoms with Gasteiger partial charge in [0.2, 0.25) is 0 Å². The van der Waals surface area contributed by atoms with E-state index in [1.807, 2.05) is 0 Å². The second kappa shape index (κ2) is 10.1. The first-order chi connectivity index (χ1) is 16.8. The van der Waals surface area contributed by atoms with Crippen molar-refractivity contribution < 1.29 is 31.1 Å². The quantitative estimate of drug-likeness (QED) is 0.212. The second-order valence-electron chi connectivity index (χ2n) is 7.47. The van der Waals surface area contributed by atoms with E-state index >= 15 is 0 Å². The van der Waals surface area contributed by atoms with Crippen molar-refractivity contribution in [3.63, 3.8) is 0 Å². The number of methoxy groups -OCH3 is 1. The molecule has 0 atom stereocenters. The second-order valence-corrected chi connectivity index (χ2v) is 7.47. The molecule has 3 nitrogen and oxygen atoms in total. The van der Waals surface area contributed by atoms with Crippen molar-refractivity contribution in [2.75, 3.05) is 13.7 Å². The first-order valence-electron chi connectivity index (χ1n) is 10.2. The Bertz CT molecular complexity index is 1380. The molecule has 4 aromatic rings. The Morgan fingerprint density at radius 1 is 0.714 bits per heavy atom. The van der Waals surface area contributed by atoms with Crippen LogP contribution in [0, 0.1) is 23.3 Å². The van der Waals surface area contributed by atoms with E-state index in [0.29, 0.717) is 28.8 Å².